The lowest BCUT2D eigenvalue weighted by Gasteiger charge is -2.04. The predicted molar refractivity (Wildman–Crippen MR) is 60.5 cm³/mol. The van der Waals surface area contributed by atoms with Gasteiger partial charge in [0.2, 0.25) is 0 Å². The first-order valence-electron chi connectivity index (χ1n) is 4.93. The number of hydrogen-bond donors (Lipinski definition) is 1. The van der Waals surface area contributed by atoms with Crippen LogP contribution < -0.4 is 5.73 Å². The fourth-order valence-corrected chi connectivity index (χ4v) is 1.56. The Morgan fingerprint density at radius 1 is 1.27 bits per heavy atom. The van der Waals surface area contributed by atoms with Gasteiger partial charge in [-0.15, -0.1) is 0 Å². The van der Waals surface area contributed by atoms with Crippen LogP contribution in [0, 0.1) is 19.9 Å². The molecule has 2 rings (SSSR count). The van der Waals surface area contributed by atoms with E-state index in [1.54, 1.807) is 0 Å². The summed E-state index contributed by atoms with van der Waals surface area (Å²) < 4.78 is 1.95. The van der Waals surface area contributed by atoms with E-state index in [0.717, 1.165) is 23.6 Å². The van der Waals surface area contributed by atoms with Crippen molar-refractivity contribution < 1.29 is 0 Å². The Hall–Kier alpha value is -1.77. The summed E-state index contributed by atoms with van der Waals surface area (Å²) in [5, 5.41) is 4.36. The van der Waals surface area contributed by atoms with Crippen molar-refractivity contribution in [1.82, 2.24) is 9.78 Å². The number of aryl methyl sites for hydroxylation is 2. The Morgan fingerprint density at radius 2 is 1.93 bits per heavy atom. The van der Waals surface area contributed by atoms with Crippen LogP contribution in [0.25, 0.3) is 0 Å². The van der Waals surface area contributed by atoms with E-state index in [4.69, 9.17) is 5.73 Å². The van der Waals surface area contributed by atoms with Crippen LogP contribution in [0.5, 0.6) is 0 Å². The van der Waals surface area contributed by atoms with E-state index in [1.807, 2.05) is 42.8 Å². The minimum Gasteiger partial charge on any atom is -0.399 e. The summed E-state index contributed by atoms with van der Waals surface area (Å²) in [4.78, 5) is 0. The number of rotatable bonds is 2. The standard InChI is InChI=1S/C12H14N3/c1-9-7-10(2)15(14-9)8-11-3-5-12(13)6-4-11/h3-6H,8,13H2,1-2H3. The first kappa shape index (κ1) is 9.77. The second-order valence-corrected chi connectivity index (χ2v) is 3.70. The van der Waals surface area contributed by atoms with Gasteiger partial charge in [-0.25, -0.2) is 0 Å². The molecular formula is C12H14N3. The Labute approximate surface area is 89.5 Å². The number of anilines is 1. The van der Waals surface area contributed by atoms with Gasteiger partial charge in [0.05, 0.1) is 12.2 Å². The normalized spacial score (nSPS) is 10.5. The molecule has 0 aliphatic rings. The van der Waals surface area contributed by atoms with Gasteiger partial charge >= 0.3 is 0 Å². The topological polar surface area (TPSA) is 43.8 Å². The van der Waals surface area contributed by atoms with Gasteiger partial charge in [0.25, 0.3) is 0 Å². The Kier molecular flexibility index (Phi) is 2.46. The zero-order chi connectivity index (χ0) is 10.8. The summed E-state index contributed by atoms with van der Waals surface area (Å²) in [5.74, 6) is 0. The van der Waals surface area contributed by atoms with E-state index >= 15 is 0 Å². The van der Waals surface area contributed by atoms with Crippen LogP contribution in [0.3, 0.4) is 0 Å². The van der Waals surface area contributed by atoms with Crippen molar-refractivity contribution in [3.05, 3.63) is 47.3 Å². The van der Waals surface area contributed by atoms with Crippen LogP contribution in [-0.4, -0.2) is 9.78 Å². The molecule has 3 nitrogen and oxygen atoms in total. The Bertz CT molecular complexity index is 454. The van der Waals surface area contributed by atoms with Crippen molar-refractivity contribution >= 4 is 5.69 Å². The number of nitrogens with zero attached hydrogens (tertiary/aromatic N) is 2. The van der Waals surface area contributed by atoms with Gasteiger partial charge in [0.15, 0.2) is 0 Å². The zero-order valence-corrected chi connectivity index (χ0v) is 8.99. The monoisotopic (exact) mass is 200 g/mol. The van der Waals surface area contributed by atoms with Crippen LogP contribution >= 0.6 is 0 Å². The average molecular weight is 200 g/mol. The maximum Gasteiger partial charge on any atom is 0.0676 e. The highest BCUT2D eigenvalue weighted by Crippen LogP contribution is 2.09. The summed E-state index contributed by atoms with van der Waals surface area (Å²) in [5.41, 5.74) is 9.61. The molecule has 77 valence electrons. The highest BCUT2D eigenvalue weighted by molar-refractivity contribution is 5.39. The van der Waals surface area contributed by atoms with Crippen LogP contribution in [0.4, 0.5) is 5.69 Å². The largest absolute Gasteiger partial charge is 0.399 e. The average Bonchev–Trinajstić information content (AvgIpc) is 2.49. The predicted octanol–water partition coefficient (Wildman–Crippen LogP) is 1.93. The SMILES string of the molecule is Cc1[c]c(C)n(Cc2ccc(N)cc2)n1. The number of nitrogens with two attached hydrogens (primary N) is 1. The summed E-state index contributed by atoms with van der Waals surface area (Å²) in [6.45, 7) is 4.74. The van der Waals surface area contributed by atoms with E-state index in [9.17, 15) is 0 Å². The lowest BCUT2D eigenvalue weighted by Crippen LogP contribution is -2.03. The van der Waals surface area contributed by atoms with Gasteiger partial charge in [-0.1, -0.05) is 12.1 Å². The zero-order valence-electron chi connectivity index (χ0n) is 8.99. The second kappa shape index (κ2) is 3.77. The van der Waals surface area contributed by atoms with Crippen molar-refractivity contribution in [3.8, 4) is 0 Å². The molecule has 2 N–H and O–H groups in total. The fourth-order valence-electron chi connectivity index (χ4n) is 1.56. The molecule has 0 fully saturated rings. The Morgan fingerprint density at radius 3 is 2.47 bits per heavy atom. The first-order chi connectivity index (χ1) is 7.15. The maximum atomic E-state index is 5.63. The summed E-state index contributed by atoms with van der Waals surface area (Å²) in [6.07, 6.45) is 0. The molecule has 1 aromatic heterocycles. The number of hydrogen-bond acceptors (Lipinski definition) is 2. The molecule has 0 bridgehead atoms. The maximum absolute atomic E-state index is 5.63. The van der Waals surface area contributed by atoms with Crippen molar-refractivity contribution in [2.45, 2.75) is 20.4 Å². The highest BCUT2D eigenvalue weighted by Gasteiger charge is 2.01. The minimum absolute atomic E-state index is 0.774. The van der Waals surface area contributed by atoms with E-state index < -0.39 is 0 Å². The molecule has 2 aromatic rings. The molecule has 0 unspecified atom stereocenters. The van der Waals surface area contributed by atoms with Gasteiger partial charge < -0.3 is 5.73 Å². The van der Waals surface area contributed by atoms with Crippen LogP contribution in [0.1, 0.15) is 17.0 Å². The molecule has 1 aromatic carbocycles. The lowest BCUT2D eigenvalue weighted by molar-refractivity contribution is 0.659. The molecule has 0 amide bonds. The number of benzene rings is 1. The quantitative estimate of drug-likeness (QED) is 0.753. The third kappa shape index (κ3) is 2.18. The molecule has 15 heavy (non-hydrogen) atoms. The first-order valence-corrected chi connectivity index (χ1v) is 4.93. The van der Waals surface area contributed by atoms with Crippen LogP contribution in [0.15, 0.2) is 24.3 Å². The molecule has 1 heterocycles. The molecule has 3 heteroatoms. The van der Waals surface area contributed by atoms with Crippen molar-refractivity contribution in [2.24, 2.45) is 0 Å². The molecule has 0 aliphatic carbocycles. The smallest absolute Gasteiger partial charge is 0.0676 e. The lowest BCUT2D eigenvalue weighted by atomic mass is 10.2. The molecule has 0 atom stereocenters. The third-order valence-corrected chi connectivity index (χ3v) is 2.33. The Balaban J connectivity index is 2.21. The molecule has 0 saturated carbocycles. The minimum atomic E-state index is 0.774. The van der Waals surface area contributed by atoms with Gasteiger partial charge in [0, 0.05) is 17.4 Å². The molecular weight excluding hydrogens is 186 g/mol. The van der Waals surface area contributed by atoms with Gasteiger partial charge in [-0.3, -0.25) is 4.68 Å². The number of aromatic nitrogens is 2. The number of nitrogen functional groups attached to an aromatic ring is 1. The molecule has 0 aliphatic heterocycles. The molecule has 1 radical (unpaired) electrons. The van der Waals surface area contributed by atoms with Gasteiger partial charge in [0.1, 0.15) is 0 Å². The molecule has 0 saturated heterocycles. The second-order valence-electron chi connectivity index (χ2n) is 3.70. The van der Waals surface area contributed by atoms with Crippen LogP contribution in [0.2, 0.25) is 0 Å². The van der Waals surface area contributed by atoms with Crippen molar-refractivity contribution in [3.63, 3.8) is 0 Å². The third-order valence-electron chi connectivity index (χ3n) is 2.33. The summed E-state index contributed by atoms with van der Waals surface area (Å²) >= 11 is 0. The summed E-state index contributed by atoms with van der Waals surface area (Å²) in [7, 11) is 0. The van der Waals surface area contributed by atoms with Crippen LogP contribution in [-0.2, 0) is 6.54 Å². The van der Waals surface area contributed by atoms with E-state index in [2.05, 4.69) is 11.2 Å². The van der Waals surface area contributed by atoms with Gasteiger partial charge in [-0.05, 0) is 31.5 Å². The van der Waals surface area contributed by atoms with Gasteiger partial charge in [-0.2, -0.15) is 5.10 Å². The van der Waals surface area contributed by atoms with E-state index in [1.165, 1.54) is 5.56 Å². The molecule has 0 spiro atoms. The van der Waals surface area contributed by atoms with Crippen molar-refractivity contribution in [1.29, 1.82) is 0 Å². The highest BCUT2D eigenvalue weighted by atomic mass is 15.3. The van der Waals surface area contributed by atoms with Crippen molar-refractivity contribution in [2.75, 3.05) is 5.73 Å². The fraction of sp³-hybridized carbons (Fsp3) is 0.250. The van der Waals surface area contributed by atoms with E-state index in [-0.39, 0.29) is 0 Å². The van der Waals surface area contributed by atoms with E-state index in [0.29, 0.717) is 0 Å². The summed E-state index contributed by atoms with van der Waals surface area (Å²) in [6, 6.07) is 11.0.